The fraction of sp³-hybridized carbons (Fsp3) is 0.222. The maximum Gasteiger partial charge on any atom is 0.343 e. The van der Waals surface area contributed by atoms with E-state index in [-0.39, 0.29) is 11.6 Å². The Bertz CT molecular complexity index is 330. The summed E-state index contributed by atoms with van der Waals surface area (Å²) < 4.78 is 12.7. The fourth-order valence-electron chi connectivity index (χ4n) is 0.873. The highest BCUT2D eigenvalue weighted by atomic mass is 32.2. The number of benzene rings is 1. The molecule has 0 radical (unpaired) electrons. The number of hydrogen-bond donors (Lipinski definition) is 2. The van der Waals surface area contributed by atoms with Crippen LogP contribution < -0.4 is 0 Å². The standard InChI is InChI=1S/C9H9FO3S/c10-7-3-1-2-6(4-7)5-14-9(13)8(11)12/h1-4,9,13H,5H2,(H,11,12)/t9-/m0/s1. The second-order valence-corrected chi connectivity index (χ2v) is 3.70. The summed E-state index contributed by atoms with van der Waals surface area (Å²) in [7, 11) is 0. The van der Waals surface area contributed by atoms with Gasteiger partial charge in [0, 0.05) is 5.75 Å². The van der Waals surface area contributed by atoms with Crippen LogP contribution in [0, 0.1) is 5.82 Å². The Morgan fingerprint density at radius 3 is 2.86 bits per heavy atom. The van der Waals surface area contributed by atoms with Gasteiger partial charge in [-0.05, 0) is 17.7 Å². The van der Waals surface area contributed by atoms with E-state index in [4.69, 9.17) is 10.2 Å². The Labute approximate surface area is 84.6 Å². The lowest BCUT2D eigenvalue weighted by molar-refractivity contribution is -0.141. The highest BCUT2D eigenvalue weighted by Crippen LogP contribution is 2.16. The van der Waals surface area contributed by atoms with Crippen molar-refractivity contribution in [3.05, 3.63) is 35.6 Å². The molecule has 0 bridgehead atoms. The number of carboxylic acids is 1. The number of carbonyl (C=O) groups is 1. The Balaban J connectivity index is 2.49. The van der Waals surface area contributed by atoms with Gasteiger partial charge < -0.3 is 10.2 Å². The van der Waals surface area contributed by atoms with Crippen LogP contribution in [0.3, 0.4) is 0 Å². The number of thioether (sulfide) groups is 1. The van der Waals surface area contributed by atoms with Gasteiger partial charge in [0.15, 0.2) is 5.44 Å². The van der Waals surface area contributed by atoms with Crippen molar-refractivity contribution in [2.24, 2.45) is 0 Å². The van der Waals surface area contributed by atoms with Crippen LogP contribution in [0.4, 0.5) is 4.39 Å². The van der Waals surface area contributed by atoms with E-state index in [2.05, 4.69) is 0 Å². The highest BCUT2D eigenvalue weighted by Gasteiger charge is 2.13. The number of aliphatic carboxylic acids is 1. The summed E-state index contributed by atoms with van der Waals surface area (Å²) in [5, 5.41) is 17.3. The summed E-state index contributed by atoms with van der Waals surface area (Å²) in [6, 6.07) is 5.83. The minimum absolute atomic E-state index is 0.269. The van der Waals surface area contributed by atoms with Crippen LogP contribution >= 0.6 is 11.8 Å². The van der Waals surface area contributed by atoms with Crippen molar-refractivity contribution in [3.63, 3.8) is 0 Å². The van der Waals surface area contributed by atoms with Crippen LogP contribution in [0.1, 0.15) is 5.56 Å². The number of hydrogen-bond acceptors (Lipinski definition) is 3. The maximum atomic E-state index is 12.7. The molecule has 1 aromatic rings. The Kier molecular flexibility index (Phi) is 3.91. The number of aliphatic hydroxyl groups is 1. The first-order valence-electron chi connectivity index (χ1n) is 3.86. The van der Waals surface area contributed by atoms with E-state index in [1.807, 2.05) is 0 Å². The number of aliphatic hydroxyl groups excluding tert-OH is 1. The molecule has 0 aromatic heterocycles. The Morgan fingerprint density at radius 1 is 1.57 bits per heavy atom. The van der Waals surface area contributed by atoms with E-state index in [1.165, 1.54) is 12.1 Å². The molecule has 0 aliphatic carbocycles. The Hall–Kier alpha value is -1.07. The van der Waals surface area contributed by atoms with Gasteiger partial charge >= 0.3 is 5.97 Å². The molecular weight excluding hydrogens is 207 g/mol. The maximum absolute atomic E-state index is 12.7. The first-order valence-corrected chi connectivity index (χ1v) is 4.91. The molecule has 76 valence electrons. The van der Waals surface area contributed by atoms with Gasteiger partial charge in [0.1, 0.15) is 5.82 Å². The molecule has 0 aliphatic rings. The van der Waals surface area contributed by atoms with Crippen LogP contribution in [0.15, 0.2) is 24.3 Å². The molecule has 0 fully saturated rings. The van der Waals surface area contributed by atoms with E-state index in [0.717, 1.165) is 11.8 Å². The van der Waals surface area contributed by atoms with E-state index in [1.54, 1.807) is 12.1 Å². The van der Waals surface area contributed by atoms with Crippen molar-refractivity contribution >= 4 is 17.7 Å². The topological polar surface area (TPSA) is 57.5 Å². The average molecular weight is 216 g/mol. The van der Waals surface area contributed by atoms with Crippen molar-refractivity contribution in [3.8, 4) is 0 Å². The summed E-state index contributed by atoms with van der Waals surface area (Å²) in [5.74, 6) is -1.38. The van der Waals surface area contributed by atoms with Crippen LogP contribution in [0.2, 0.25) is 0 Å². The third-order valence-corrected chi connectivity index (χ3v) is 2.53. The summed E-state index contributed by atoms with van der Waals surface area (Å²) >= 11 is 0.836. The first-order chi connectivity index (χ1) is 6.59. The molecule has 0 spiro atoms. The van der Waals surface area contributed by atoms with Gasteiger partial charge in [0.05, 0.1) is 0 Å². The SMILES string of the molecule is O=C(O)[C@@H](O)SCc1cccc(F)c1. The zero-order valence-corrected chi connectivity index (χ0v) is 8.00. The molecule has 1 aromatic carbocycles. The van der Waals surface area contributed by atoms with Gasteiger partial charge in [0.25, 0.3) is 0 Å². The molecule has 3 nitrogen and oxygen atoms in total. The minimum Gasteiger partial charge on any atom is -0.479 e. The quantitative estimate of drug-likeness (QED) is 0.748. The van der Waals surface area contributed by atoms with Crippen LogP contribution in [0.5, 0.6) is 0 Å². The number of carboxylic acid groups (broad SMARTS) is 1. The molecule has 2 N–H and O–H groups in total. The molecule has 0 heterocycles. The number of halogens is 1. The molecule has 1 rings (SSSR count). The molecule has 14 heavy (non-hydrogen) atoms. The van der Waals surface area contributed by atoms with Gasteiger partial charge in [0.2, 0.25) is 0 Å². The van der Waals surface area contributed by atoms with Crippen LogP contribution in [-0.4, -0.2) is 21.6 Å². The normalized spacial score (nSPS) is 12.4. The lowest BCUT2D eigenvalue weighted by atomic mass is 10.2. The largest absolute Gasteiger partial charge is 0.479 e. The summed E-state index contributed by atoms with van der Waals surface area (Å²) in [6.07, 6.45) is 0. The smallest absolute Gasteiger partial charge is 0.343 e. The third kappa shape index (κ3) is 3.35. The van der Waals surface area contributed by atoms with Gasteiger partial charge in [-0.15, -0.1) is 11.8 Å². The lowest BCUT2D eigenvalue weighted by Crippen LogP contribution is -2.14. The molecular formula is C9H9FO3S. The van der Waals surface area contributed by atoms with Gasteiger partial charge in [-0.2, -0.15) is 0 Å². The zero-order chi connectivity index (χ0) is 10.6. The molecule has 0 saturated carbocycles. The Morgan fingerprint density at radius 2 is 2.29 bits per heavy atom. The molecule has 0 unspecified atom stereocenters. The summed E-state index contributed by atoms with van der Waals surface area (Å²) in [6.45, 7) is 0. The fourth-order valence-corrected chi connectivity index (χ4v) is 1.55. The van der Waals surface area contributed by atoms with Gasteiger partial charge in [-0.25, -0.2) is 9.18 Å². The second kappa shape index (κ2) is 4.97. The van der Waals surface area contributed by atoms with Crippen molar-refractivity contribution in [2.45, 2.75) is 11.2 Å². The predicted octanol–water partition coefficient (Wildman–Crippen LogP) is 1.46. The van der Waals surface area contributed by atoms with E-state index in [0.29, 0.717) is 5.56 Å². The second-order valence-electron chi connectivity index (χ2n) is 2.63. The predicted molar refractivity (Wildman–Crippen MR) is 51.3 cm³/mol. The van der Waals surface area contributed by atoms with Gasteiger partial charge in [-0.3, -0.25) is 0 Å². The van der Waals surface area contributed by atoms with Crippen LogP contribution in [0.25, 0.3) is 0 Å². The average Bonchev–Trinajstić information content (AvgIpc) is 2.14. The van der Waals surface area contributed by atoms with Crippen LogP contribution in [-0.2, 0) is 10.5 Å². The monoisotopic (exact) mass is 216 g/mol. The molecule has 5 heteroatoms. The summed E-state index contributed by atoms with van der Waals surface area (Å²) in [5.41, 5.74) is -0.812. The molecule has 1 atom stereocenters. The highest BCUT2D eigenvalue weighted by molar-refractivity contribution is 7.99. The lowest BCUT2D eigenvalue weighted by Gasteiger charge is -2.04. The molecule has 0 saturated heterocycles. The third-order valence-electron chi connectivity index (χ3n) is 1.51. The van der Waals surface area contributed by atoms with E-state index < -0.39 is 11.4 Å². The number of rotatable bonds is 4. The van der Waals surface area contributed by atoms with Crippen molar-refractivity contribution < 1.29 is 19.4 Å². The molecule has 0 aliphatic heterocycles. The van der Waals surface area contributed by atoms with E-state index >= 15 is 0 Å². The van der Waals surface area contributed by atoms with Crippen molar-refractivity contribution in [1.82, 2.24) is 0 Å². The van der Waals surface area contributed by atoms with E-state index in [9.17, 15) is 9.18 Å². The first kappa shape index (κ1) is 11.0. The van der Waals surface area contributed by atoms with Crippen molar-refractivity contribution in [1.29, 1.82) is 0 Å². The zero-order valence-electron chi connectivity index (χ0n) is 7.18. The minimum atomic E-state index is -1.46. The molecule has 0 amide bonds. The van der Waals surface area contributed by atoms with Gasteiger partial charge in [-0.1, -0.05) is 12.1 Å². The summed E-state index contributed by atoms with van der Waals surface area (Å²) in [4.78, 5) is 10.2. The van der Waals surface area contributed by atoms with Crippen molar-refractivity contribution in [2.75, 3.05) is 0 Å².